The molecule has 1 aliphatic rings. The molecule has 0 saturated heterocycles. The van der Waals surface area contributed by atoms with Gasteiger partial charge in [0.15, 0.2) is 0 Å². The molecule has 118 valence electrons. The van der Waals surface area contributed by atoms with Gasteiger partial charge in [-0.15, -0.1) is 0 Å². The summed E-state index contributed by atoms with van der Waals surface area (Å²) >= 11 is 5.87. The SMILES string of the molecule is CC1CC(C#N)(C(=O)Nc2cnn(Cc3ccc(Cl)cc3)c2)C1. The van der Waals surface area contributed by atoms with E-state index in [2.05, 4.69) is 16.5 Å². The largest absolute Gasteiger partial charge is 0.322 e. The number of amides is 1. The summed E-state index contributed by atoms with van der Waals surface area (Å²) in [6.45, 7) is 2.64. The molecule has 1 amide bonds. The molecule has 1 aromatic heterocycles. The Bertz CT molecular complexity index is 754. The summed E-state index contributed by atoms with van der Waals surface area (Å²) in [4.78, 5) is 12.3. The lowest BCUT2D eigenvalue weighted by Crippen LogP contribution is -2.44. The van der Waals surface area contributed by atoms with E-state index in [9.17, 15) is 10.1 Å². The van der Waals surface area contributed by atoms with Gasteiger partial charge in [-0.3, -0.25) is 9.48 Å². The number of nitrogens with one attached hydrogen (secondary N) is 1. The summed E-state index contributed by atoms with van der Waals surface area (Å²) in [5.41, 5.74) is 0.798. The third-order valence-electron chi connectivity index (χ3n) is 4.19. The lowest BCUT2D eigenvalue weighted by atomic mass is 9.63. The minimum absolute atomic E-state index is 0.232. The van der Waals surface area contributed by atoms with Crippen LogP contribution in [0.4, 0.5) is 5.69 Å². The minimum Gasteiger partial charge on any atom is -0.322 e. The Morgan fingerprint density at radius 3 is 2.78 bits per heavy atom. The quantitative estimate of drug-likeness (QED) is 0.934. The van der Waals surface area contributed by atoms with Crippen molar-refractivity contribution < 1.29 is 4.79 Å². The van der Waals surface area contributed by atoms with E-state index in [4.69, 9.17) is 11.6 Å². The third-order valence-corrected chi connectivity index (χ3v) is 4.44. The molecule has 1 aliphatic carbocycles. The molecule has 1 saturated carbocycles. The molecule has 5 nitrogen and oxygen atoms in total. The lowest BCUT2D eigenvalue weighted by molar-refractivity contribution is -0.128. The average Bonchev–Trinajstić information content (AvgIpc) is 2.93. The Kier molecular flexibility index (Phi) is 4.10. The van der Waals surface area contributed by atoms with Gasteiger partial charge in [-0.2, -0.15) is 10.4 Å². The van der Waals surface area contributed by atoms with Crippen LogP contribution in [0.3, 0.4) is 0 Å². The smallest absolute Gasteiger partial charge is 0.244 e. The molecule has 23 heavy (non-hydrogen) atoms. The predicted octanol–water partition coefficient (Wildman–Crippen LogP) is 3.46. The highest BCUT2D eigenvalue weighted by Crippen LogP contribution is 2.45. The van der Waals surface area contributed by atoms with E-state index in [0.717, 1.165) is 5.56 Å². The first-order chi connectivity index (χ1) is 11.0. The van der Waals surface area contributed by atoms with Gasteiger partial charge >= 0.3 is 0 Å². The number of hydrogen-bond acceptors (Lipinski definition) is 3. The predicted molar refractivity (Wildman–Crippen MR) is 87.9 cm³/mol. The maximum atomic E-state index is 12.3. The van der Waals surface area contributed by atoms with Crippen LogP contribution in [-0.4, -0.2) is 15.7 Å². The molecular weight excluding hydrogens is 312 g/mol. The van der Waals surface area contributed by atoms with Crippen LogP contribution in [0.2, 0.25) is 5.02 Å². The zero-order chi connectivity index (χ0) is 16.4. The summed E-state index contributed by atoms with van der Waals surface area (Å²) in [6.07, 6.45) is 4.60. The molecule has 1 N–H and O–H groups in total. The van der Waals surface area contributed by atoms with Gasteiger partial charge in [0.25, 0.3) is 0 Å². The number of rotatable bonds is 4. The van der Waals surface area contributed by atoms with Crippen molar-refractivity contribution >= 4 is 23.2 Å². The zero-order valence-electron chi connectivity index (χ0n) is 12.8. The fourth-order valence-corrected chi connectivity index (χ4v) is 3.13. The number of halogens is 1. The summed E-state index contributed by atoms with van der Waals surface area (Å²) < 4.78 is 1.74. The van der Waals surface area contributed by atoms with Gasteiger partial charge in [0.2, 0.25) is 5.91 Å². The van der Waals surface area contributed by atoms with E-state index in [1.165, 1.54) is 0 Å². The molecule has 0 atom stereocenters. The van der Waals surface area contributed by atoms with Crippen molar-refractivity contribution in [3.63, 3.8) is 0 Å². The van der Waals surface area contributed by atoms with Crippen LogP contribution in [0, 0.1) is 22.7 Å². The number of aromatic nitrogens is 2. The maximum Gasteiger partial charge on any atom is 0.244 e. The van der Waals surface area contributed by atoms with Gasteiger partial charge in [-0.1, -0.05) is 30.7 Å². The number of nitrogens with zero attached hydrogens (tertiary/aromatic N) is 3. The van der Waals surface area contributed by atoms with Crippen molar-refractivity contribution in [3.8, 4) is 6.07 Å². The van der Waals surface area contributed by atoms with Gasteiger partial charge in [0.05, 0.1) is 24.5 Å². The second kappa shape index (κ2) is 6.05. The highest BCUT2D eigenvalue weighted by Gasteiger charge is 2.49. The van der Waals surface area contributed by atoms with Crippen molar-refractivity contribution in [1.82, 2.24) is 9.78 Å². The first-order valence-electron chi connectivity index (χ1n) is 7.50. The van der Waals surface area contributed by atoms with Gasteiger partial charge < -0.3 is 5.32 Å². The van der Waals surface area contributed by atoms with Crippen LogP contribution in [0.5, 0.6) is 0 Å². The summed E-state index contributed by atoms with van der Waals surface area (Å²) in [7, 11) is 0. The van der Waals surface area contributed by atoms with E-state index in [1.807, 2.05) is 31.2 Å². The highest BCUT2D eigenvalue weighted by atomic mass is 35.5. The monoisotopic (exact) mass is 328 g/mol. The van der Waals surface area contributed by atoms with Crippen molar-refractivity contribution in [2.24, 2.45) is 11.3 Å². The number of carbonyl (C=O) groups excluding carboxylic acids is 1. The van der Waals surface area contributed by atoms with Gasteiger partial charge in [-0.25, -0.2) is 0 Å². The Morgan fingerprint density at radius 1 is 1.48 bits per heavy atom. The molecule has 0 spiro atoms. The second-order valence-electron chi connectivity index (χ2n) is 6.21. The molecular formula is C17H17ClN4O. The van der Waals surface area contributed by atoms with Crippen molar-refractivity contribution in [2.75, 3.05) is 5.32 Å². The fourth-order valence-electron chi connectivity index (χ4n) is 3.00. The molecule has 0 radical (unpaired) electrons. The number of nitriles is 1. The first-order valence-corrected chi connectivity index (χ1v) is 7.88. The number of anilines is 1. The van der Waals surface area contributed by atoms with Crippen molar-refractivity contribution in [1.29, 1.82) is 5.26 Å². The van der Waals surface area contributed by atoms with Crippen LogP contribution in [0.1, 0.15) is 25.3 Å². The molecule has 6 heteroatoms. The van der Waals surface area contributed by atoms with E-state index in [0.29, 0.717) is 36.0 Å². The van der Waals surface area contributed by atoms with Crippen LogP contribution in [0.15, 0.2) is 36.7 Å². The van der Waals surface area contributed by atoms with Crippen LogP contribution in [0.25, 0.3) is 0 Å². The van der Waals surface area contributed by atoms with Crippen LogP contribution in [-0.2, 0) is 11.3 Å². The van der Waals surface area contributed by atoms with E-state index in [1.54, 1.807) is 17.1 Å². The van der Waals surface area contributed by atoms with E-state index >= 15 is 0 Å². The van der Waals surface area contributed by atoms with Crippen LogP contribution >= 0.6 is 11.6 Å². The highest BCUT2D eigenvalue weighted by molar-refractivity contribution is 6.30. The summed E-state index contributed by atoms with van der Waals surface area (Å²) in [6, 6.07) is 9.69. The van der Waals surface area contributed by atoms with Gasteiger partial charge in [0, 0.05) is 11.2 Å². The Morgan fingerprint density at radius 2 is 2.17 bits per heavy atom. The molecule has 3 rings (SSSR count). The standard InChI is InChI=1S/C17H17ClN4O/c1-12-6-17(7-12,11-19)16(23)21-15-8-20-22(10-15)9-13-2-4-14(18)5-3-13/h2-5,8,10,12H,6-7,9H2,1H3,(H,21,23). The second-order valence-corrected chi connectivity index (χ2v) is 6.65. The fraction of sp³-hybridized carbons (Fsp3) is 0.353. The Hall–Kier alpha value is -2.32. The van der Waals surface area contributed by atoms with Gasteiger partial charge in [0.1, 0.15) is 5.41 Å². The normalized spacial score (nSPS) is 22.9. The Labute approximate surface area is 139 Å². The molecule has 1 heterocycles. The minimum atomic E-state index is -0.877. The van der Waals surface area contributed by atoms with Crippen molar-refractivity contribution in [2.45, 2.75) is 26.3 Å². The van der Waals surface area contributed by atoms with Crippen molar-refractivity contribution in [3.05, 3.63) is 47.2 Å². The first kappa shape index (κ1) is 15.6. The van der Waals surface area contributed by atoms with Gasteiger partial charge in [-0.05, 0) is 36.5 Å². The molecule has 1 fully saturated rings. The maximum absolute atomic E-state index is 12.3. The summed E-state index contributed by atoms with van der Waals surface area (Å²) in [5, 5.41) is 17.0. The topological polar surface area (TPSA) is 70.7 Å². The third kappa shape index (κ3) is 3.22. The molecule has 0 aliphatic heterocycles. The molecule has 2 aromatic rings. The van der Waals surface area contributed by atoms with Crippen LogP contribution < -0.4 is 5.32 Å². The molecule has 1 aromatic carbocycles. The average molecular weight is 329 g/mol. The summed E-state index contributed by atoms with van der Waals surface area (Å²) in [5.74, 6) is 0.192. The Balaban J connectivity index is 1.64. The molecule has 0 bridgehead atoms. The molecule has 0 unspecified atom stereocenters. The zero-order valence-corrected chi connectivity index (χ0v) is 13.5. The number of hydrogen-bond donors (Lipinski definition) is 1. The number of benzene rings is 1. The lowest BCUT2D eigenvalue weighted by Gasteiger charge is -2.38. The van der Waals surface area contributed by atoms with E-state index < -0.39 is 5.41 Å². The number of carbonyl (C=O) groups is 1. The van der Waals surface area contributed by atoms with E-state index in [-0.39, 0.29) is 5.91 Å².